The number of nitrogens with one attached hydrogen (secondary N) is 1. The second-order valence-corrected chi connectivity index (χ2v) is 18.9. The van der Waals surface area contributed by atoms with E-state index in [9.17, 15) is 35.1 Å². The van der Waals surface area contributed by atoms with Crippen LogP contribution in [0.5, 0.6) is 0 Å². The normalized spacial score (nSPS) is 19.9. The minimum atomic E-state index is -1.58. The van der Waals surface area contributed by atoms with E-state index in [0.29, 0.717) is 19.4 Å². The fourth-order valence-corrected chi connectivity index (χ4v) is 8.43. The van der Waals surface area contributed by atoms with E-state index in [-0.39, 0.29) is 18.5 Å². The van der Waals surface area contributed by atoms with Crippen molar-refractivity contribution in [3.8, 4) is 0 Å². The van der Waals surface area contributed by atoms with Gasteiger partial charge in [0.05, 0.1) is 32.0 Å². The molecule has 1 aliphatic rings. The quantitative estimate of drug-likeness (QED) is 0.0196. The van der Waals surface area contributed by atoms with E-state index < -0.39 is 49.5 Å². The maximum absolute atomic E-state index is 13.0. The van der Waals surface area contributed by atoms with Crippen LogP contribution in [0.1, 0.15) is 245 Å². The number of hydrogen-bond donors (Lipinski definition) is 6. The summed E-state index contributed by atoms with van der Waals surface area (Å²) in [6.45, 7) is 4.24. The van der Waals surface area contributed by atoms with Crippen LogP contribution in [0.4, 0.5) is 0 Å². The first kappa shape index (κ1) is 61.2. The Kier molecular flexibility index (Phi) is 42.0. The monoisotopic (exact) mass is 924 g/mol. The molecule has 1 saturated heterocycles. The average molecular weight is 924 g/mol. The first-order valence-electron chi connectivity index (χ1n) is 27.1. The topological polar surface area (TPSA) is 175 Å². The molecule has 0 saturated carbocycles. The maximum Gasteiger partial charge on any atom is 0.305 e. The second kappa shape index (κ2) is 44.6. The number of aliphatic hydroxyl groups excluding tert-OH is 5. The SMILES string of the molecule is CCCCCCCC/C=C\CCCCCCCCCC(=O)OCCCCCCCCCCCCCC(=O)NC(COC1OC(CO)C(O)C(O)C1O)C(O)/C=C/CCCCCCCCC. The molecule has 0 aromatic rings. The van der Waals surface area contributed by atoms with Gasteiger partial charge in [-0.15, -0.1) is 0 Å². The van der Waals surface area contributed by atoms with E-state index in [1.165, 1.54) is 148 Å². The number of esters is 1. The van der Waals surface area contributed by atoms with Crippen LogP contribution < -0.4 is 5.32 Å². The highest BCUT2D eigenvalue weighted by atomic mass is 16.7. The standard InChI is InChI=1S/C54H101NO10/c1-3-5-7-9-11-13-14-15-16-17-18-19-22-26-30-34-38-42-50(59)63-43-39-35-31-27-23-20-21-25-29-33-37-41-49(58)55-46(47(57)40-36-32-28-24-12-10-8-6-4-2)45-64-54-53(62)52(61)51(60)48(44-56)65-54/h15-16,36,40,46-48,51-54,56-57,60-62H,3-14,17-35,37-39,41-45H2,1-2H3,(H,55,58)/b16-15-,40-36+. The van der Waals surface area contributed by atoms with E-state index in [1.54, 1.807) is 6.08 Å². The van der Waals surface area contributed by atoms with Crippen molar-refractivity contribution in [2.45, 2.75) is 288 Å². The fourth-order valence-electron chi connectivity index (χ4n) is 8.43. The van der Waals surface area contributed by atoms with E-state index in [1.807, 2.05) is 6.08 Å². The third kappa shape index (κ3) is 35.0. The molecule has 7 unspecified atom stereocenters. The number of carbonyl (C=O) groups excluding carboxylic acids is 2. The second-order valence-electron chi connectivity index (χ2n) is 18.9. The molecule has 0 radical (unpaired) electrons. The van der Waals surface area contributed by atoms with E-state index in [0.717, 1.165) is 70.6 Å². The molecule has 382 valence electrons. The summed E-state index contributed by atoms with van der Waals surface area (Å²) >= 11 is 0. The summed E-state index contributed by atoms with van der Waals surface area (Å²) in [6.07, 6.45) is 41.2. The zero-order valence-corrected chi connectivity index (χ0v) is 41.7. The number of aliphatic hydroxyl groups is 5. The molecule has 1 amide bonds. The lowest BCUT2D eigenvalue weighted by Gasteiger charge is -2.40. The Morgan fingerprint density at radius 1 is 0.554 bits per heavy atom. The van der Waals surface area contributed by atoms with Crippen LogP contribution >= 0.6 is 0 Å². The summed E-state index contributed by atoms with van der Waals surface area (Å²) in [5.74, 6) is -0.246. The van der Waals surface area contributed by atoms with Crippen molar-refractivity contribution in [3.05, 3.63) is 24.3 Å². The molecule has 1 heterocycles. The van der Waals surface area contributed by atoms with Gasteiger partial charge in [0.15, 0.2) is 6.29 Å². The lowest BCUT2D eigenvalue weighted by molar-refractivity contribution is -0.302. The molecular formula is C54H101NO10. The third-order valence-electron chi connectivity index (χ3n) is 12.8. The Labute approximate surface area is 397 Å². The van der Waals surface area contributed by atoms with Crippen LogP contribution in [-0.4, -0.2) is 100 Å². The highest BCUT2D eigenvalue weighted by Crippen LogP contribution is 2.23. The number of amides is 1. The fraction of sp³-hybridized carbons (Fsp3) is 0.889. The van der Waals surface area contributed by atoms with Crippen molar-refractivity contribution in [2.24, 2.45) is 0 Å². The van der Waals surface area contributed by atoms with Gasteiger partial charge in [-0.25, -0.2) is 0 Å². The maximum atomic E-state index is 13.0. The van der Waals surface area contributed by atoms with Gasteiger partial charge >= 0.3 is 5.97 Å². The summed E-state index contributed by atoms with van der Waals surface area (Å²) < 4.78 is 16.6. The molecule has 0 aromatic heterocycles. The molecule has 0 bridgehead atoms. The van der Waals surface area contributed by atoms with Crippen molar-refractivity contribution in [2.75, 3.05) is 19.8 Å². The van der Waals surface area contributed by atoms with Crippen molar-refractivity contribution in [3.63, 3.8) is 0 Å². The predicted molar refractivity (Wildman–Crippen MR) is 264 cm³/mol. The summed E-state index contributed by atoms with van der Waals surface area (Å²) in [6, 6.07) is -0.822. The van der Waals surface area contributed by atoms with Crippen LogP contribution in [0, 0.1) is 0 Å². The van der Waals surface area contributed by atoms with Gasteiger partial charge in [0.25, 0.3) is 0 Å². The number of allylic oxidation sites excluding steroid dienone is 3. The Morgan fingerprint density at radius 3 is 1.48 bits per heavy atom. The number of rotatable bonds is 46. The molecule has 0 aromatic carbocycles. The lowest BCUT2D eigenvalue weighted by atomic mass is 9.99. The number of hydrogen-bond acceptors (Lipinski definition) is 10. The minimum absolute atomic E-state index is 0.0434. The number of unbranched alkanes of at least 4 members (excludes halogenated alkanes) is 30. The van der Waals surface area contributed by atoms with Gasteiger partial charge < -0.3 is 45.1 Å². The van der Waals surface area contributed by atoms with Crippen LogP contribution in [0.3, 0.4) is 0 Å². The van der Waals surface area contributed by atoms with E-state index >= 15 is 0 Å². The summed E-state index contributed by atoms with van der Waals surface area (Å²) in [5.41, 5.74) is 0. The molecule has 1 fully saturated rings. The van der Waals surface area contributed by atoms with Gasteiger partial charge in [0.1, 0.15) is 24.4 Å². The van der Waals surface area contributed by atoms with Crippen molar-refractivity contribution in [1.29, 1.82) is 0 Å². The first-order chi connectivity index (χ1) is 31.7. The number of carbonyl (C=O) groups is 2. The smallest absolute Gasteiger partial charge is 0.305 e. The average Bonchev–Trinajstić information content (AvgIpc) is 3.30. The molecule has 0 spiro atoms. The van der Waals surface area contributed by atoms with Crippen molar-refractivity contribution >= 4 is 11.9 Å². The molecular weight excluding hydrogens is 823 g/mol. The van der Waals surface area contributed by atoms with E-state index in [2.05, 4.69) is 31.3 Å². The summed E-state index contributed by atoms with van der Waals surface area (Å²) in [5, 5.41) is 54.1. The summed E-state index contributed by atoms with van der Waals surface area (Å²) in [4.78, 5) is 25.1. The summed E-state index contributed by atoms with van der Waals surface area (Å²) in [7, 11) is 0. The van der Waals surface area contributed by atoms with Gasteiger partial charge in [-0.2, -0.15) is 0 Å². The molecule has 0 aliphatic carbocycles. The van der Waals surface area contributed by atoms with Gasteiger partial charge in [0.2, 0.25) is 5.91 Å². The Bertz CT molecular complexity index is 1130. The van der Waals surface area contributed by atoms with Gasteiger partial charge in [0, 0.05) is 12.8 Å². The molecule has 11 nitrogen and oxygen atoms in total. The number of ether oxygens (including phenoxy) is 3. The van der Waals surface area contributed by atoms with Crippen LogP contribution in [0.25, 0.3) is 0 Å². The van der Waals surface area contributed by atoms with Crippen LogP contribution in [0.2, 0.25) is 0 Å². The predicted octanol–water partition coefficient (Wildman–Crippen LogP) is 11.4. The van der Waals surface area contributed by atoms with Gasteiger partial charge in [-0.05, 0) is 57.8 Å². The highest BCUT2D eigenvalue weighted by Gasteiger charge is 2.44. The Morgan fingerprint density at radius 2 is 0.985 bits per heavy atom. The van der Waals surface area contributed by atoms with Gasteiger partial charge in [-0.3, -0.25) is 9.59 Å². The zero-order chi connectivity index (χ0) is 47.4. The molecule has 1 aliphatic heterocycles. The molecule has 1 rings (SSSR count). The molecule has 6 N–H and O–H groups in total. The van der Waals surface area contributed by atoms with Crippen molar-refractivity contribution < 1.29 is 49.3 Å². The minimum Gasteiger partial charge on any atom is -0.466 e. The Balaban J connectivity index is 2.10. The lowest BCUT2D eigenvalue weighted by Crippen LogP contribution is -2.60. The molecule has 65 heavy (non-hydrogen) atoms. The molecule has 7 atom stereocenters. The first-order valence-corrected chi connectivity index (χ1v) is 27.1. The highest BCUT2D eigenvalue weighted by molar-refractivity contribution is 5.76. The zero-order valence-electron chi connectivity index (χ0n) is 41.7. The molecule has 11 heteroatoms. The van der Waals surface area contributed by atoms with Gasteiger partial charge in [-0.1, -0.05) is 199 Å². The largest absolute Gasteiger partial charge is 0.466 e. The Hall–Kier alpha value is -1.86. The van der Waals surface area contributed by atoms with E-state index in [4.69, 9.17) is 14.2 Å². The van der Waals surface area contributed by atoms with Crippen LogP contribution in [0.15, 0.2) is 24.3 Å². The van der Waals surface area contributed by atoms with Crippen molar-refractivity contribution in [1.82, 2.24) is 5.32 Å². The third-order valence-corrected chi connectivity index (χ3v) is 12.8. The van der Waals surface area contributed by atoms with Crippen LogP contribution in [-0.2, 0) is 23.8 Å².